The van der Waals surface area contributed by atoms with Crippen LogP contribution in [0.4, 0.5) is 0 Å². The van der Waals surface area contributed by atoms with E-state index in [2.05, 4.69) is 20.4 Å². The topological polar surface area (TPSA) is 40.5 Å². The summed E-state index contributed by atoms with van der Waals surface area (Å²) in [4.78, 5) is 0. The SMILES string of the molecule is C=CC[C@@]1(O)CC[C@H]2[C@@H]3CC[C@H]4C[C@@H](O)CC[C@]4(C)[C@H]3CC[C@@]21C. The first-order chi connectivity index (χ1) is 11.3. The first-order valence-electron chi connectivity index (χ1n) is 10.4. The van der Waals surface area contributed by atoms with Gasteiger partial charge in [-0.3, -0.25) is 0 Å². The first-order valence-corrected chi connectivity index (χ1v) is 10.4. The lowest BCUT2D eigenvalue weighted by molar-refractivity contribution is -0.157. The fourth-order valence-corrected chi connectivity index (χ4v) is 7.92. The lowest BCUT2D eigenvalue weighted by atomic mass is 9.44. The Morgan fingerprint density at radius 2 is 1.75 bits per heavy atom. The molecule has 4 rings (SSSR count). The Kier molecular flexibility index (Phi) is 3.97. The smallest absolute Gasteiger partial charge is 0.0738 e. The molecule has 0 heterocycles. The van der Waals surface area contributed by atoms with E-state index in [1.165, 1.54) is 38.5 Å². The van der Waals surface area contributed by atoms with Gasteiger partial charge >= 0.3 is 0 Å². The Morgan fingerprint density at radius 3 is 2.50 bits per heavy atom. The molecule has 4 aliphatic rings. The summed E-state index contributed by atoms with van der Waals surface area (Å²) < 4.78 is 0. The largest absolute Gasteiger partial charge is 0.393 e. The van der Waals surface area contributed by atoms with Crippen molar-refractivity contribution in [2.75, 3.05) is 0 Å². The van der Waals surface area contributed by atoms with Crippen molar-refractivity contribution < 1.29 is 10.2 Å². The molecule has 4 fully saturated rings. The minimum atomic E-state index is -0.523. The van der Waals surface area contributed by atoms with E-state index in [-0.39, 0.29) is 11.5 Å². The average Bonchev–Trinajstić information content (AvgIpc) is 2.80. The Bertz CT molecular complexity index is 516. The van der Waals surface area contributed by atoms with Crippen LogP contribution in [0.1, 0.15) is 78.1 Å². The van der Waals surface area contributed by atoms with Gasteiger partial charge in [-0.05, 0) is 98.7 Å². The van der Waals surface area contributed by atoms with Crippen LogP contribution in [-0.2, 0) is 0 Å². The zero-order valence-electron chi connectivity index (χ0n) is 15.6. The number of aliphatic hydroxyl groups excluding tert-OH is 1. The van der Waals surface area contributed by atoms with E-state index in [1.54, 1.807) is 0 Å². The van der Waals surface area contributed by atoms with Gasteiger partial charge in [0.2, 0.25) is 0 Å². The highest BCUT2D eigenvalue weighted by Gasteiger charge is 2.64. The second-order valence-corrected chi connectivity index (χ2v) is 10.1. The van der Waals surface area contributed by atoms with E-state index >= 15 is 0 Å². The molecule has 2 N–H and O–H groups in total. The van der Waals surface area contributed by atoms with Crippen molar-refractivity contribution in [3.8, 4) is 0 Å². The molecule has 0 aliphatic heterocycles. The summed E-state index contributed by atoms with van der Waals surface area (Å²) in [7, 11) is 0. The highest BCUT2D eigenvalue weighted by atomic mass is 16.3. The predicted molar refractivity (Wildman–Crippen MR) is 97.5 cm³/mol. The maximum Gasteiger partial charge on any atom is 0.0738 e. The van der Waals surface area contributed by atoms with Crippen LogP contribution in [0.2, 0.25) is 0 Å². The van der Waals surface area contributed by atoms with Crippen LogP contribution in [-0.4, -0.2) is 21.9 Å². The van der Waals surface area contributed by atoms with Crippen molar-refractivity contribution in [3.05, 3.63) is 12.7 Å². The standard InChI is InChI=1S/C22H36O2/c1-4-10-22(24)13-9-19-17-6-5-15-14-16(23)7-11-20(15,2)18(17)8-12-21(19,22)3/h4,15-19,23-24H,1,5-14H2,2-3H3/t15-,16-,17+,18-,19-,20-,21-,22+/m0/s1. The molecule has 0 spiro atoms. The Hall–Kier alpha value is -0.340. The molecule has 8 atom stereocenters. The fraction of sp³-hybridized carbons (Fsp3) is 0.909. The molecule has 136 valence electrons. The van der Waals surface area contributed by atoms with Gasteiger partial charge in [0.1, 0.15) is 0 Å². The van der Waals surface area contributed by atoms with Gasteiger partial charge < -0.3 is 10.2 Å². The first kappa shape index (κ1) is 17.1. The van der Waals surface area contributed by atoms with Crippen LogP contribution in [0.15, 0.2) is 12.7 Å². The lowest BCUT2D eigenvalue weighted by Gasteiger charge is -2.61. The van der Waals surface area contributed by atoms with Gasteiger partial charge in [0.25, 0.3) is 0 Å². The molecule has 0 amide bonds. The third kappa shape index (κ3) is 2.14. The van der Waals surface area contributed by atoms with Gasteiger partial charge in [0.15, 0.2) is 0 Å². The van der Waals surface area contributed by atoms with Gasteiger partial charge in [-0.25, -0.2) is 0 Å². The van der Waals surface area contributed by atoms with E-state index in [1.807, 2.05) is 6.08 Å². The van der Waals surface area contributed by atoms with E-state index in [4.69, 9.17) is 0 Å². The van der Waals surface area contributed by atoms with Crippen LogP contribution < -0.4 is 0 Å². The zero-order valence-corrected chi connectivity index (χ0v) is 15.6. The molecule has 2 heteroatoms. The Morgan fingerprint density at radius 1 is 1.00 bits per heavy atom. The zero-order chi connectivity index (χ0) is 17.2. The Labute approximate surface area is 147 Å². The van der Waals surface area contributed by atoms with Gasteiger partial charge in [-0.2, -0.15) is 0 Å². The van der Waals surface area contributed by atoms with Crippen molar-refractivity contribution in [1.29, 1.82) is 0 Å². The van der Waals surface area contributed by atoms with Crippen molar-refractivity contribution >= 4 is 0 Å². The van der Waals surface area contributed by atoms with Crippen molar-refractivity contribution in [1.82, 2.24) is 0 Å². The van der Waals surface area contributed by atoms with Crippen LogP contribution in [0, 0.1) is 34.5 Å². The molecule has 4 aliphatic carbocycles. The minimum Gasteiger partial charge on any atom is -0.393 e. The molecular formula is C22H36O2. The van der Waals surface area contributed by atoms with E-state index in [9.17, 15) is 10.2 Å². The maximum atomic E-state index is 11.4. The van der Waals surface area contributed by atoms with E-state index < -0.39 is 5.60 Å². The number of fused-ring (bicyclic) bond motifs is 5. The Balaban J connectivity index is 1.62. The summed E-state index contributed by atoms with van der Waals surface area (Å²) in [5, 5.41) is 21.5. The molecule has 0 bridgehead atoms. The molecule has 0 aromatic rings. The van der Waals surface area contributed by atoms with Crippen LogP contribution in [0.25, 0.3) is 0 Å². The molecule has 4 saturated carbocycles. The second kappa shape index (κ2) is 5.58. The lowest BCUT2D eigenvalue weighted by Crippen LogP contribution is -2.56. The van der Waals surface area contributed by atoms with Gasteiger partial charge in [0, 0.05) is 0 Å². The number of aliphatic hydroxyl groups is 2. The molecular weight excluding hydrogens is 296 g/mol. The highest BCUT2D eigenvalue weighted by Crippen LogP contribution is 2.68. The monoisotopic (exact) mass is 332 g/mol. The van der Waals surface area contributed by atoms with E-state index in [0.717, 1.165) is 43.4 Å². The van der Waals surface area contributed by atoms with Crippen molar-refractivity contribution in [2.45, 2.75) is 89.8 Å². The predicted octanol–water partition coefficient (Wildman–Crippen LogP) is 4.70. The van der Waals surface area contributed by atoms with E-state index in [0.29, 0.717) is 11.3 Å². The summed E-state index contributed by atoms with van der Waals surface area (Å²) in [6, 6.07) is 0. The minimum absolute atomic E-state index is 0.0577. The summed E-state index contributed by atoms with van der Waals surface area (Å²) >= 11 is 0. The van der Waals surface area contributed by atoms with Crippen molar-refractivity contribution in [2.24, 2.45) is 34.5 Å². The molecule has 24 heavy (non-hydrogen) atoms. The molecule has 0 saturated heterocycles. The molecule has 2 nitrogen and oxygen atoms in total. The second-order valence-electron chi connectivity index (χ2n) is 10.1. The third-order valence-electron chi connectivity index (χ3n) is 9.44. The summed E-state index contributed by atoms with van der Waals surface area (Å²) in [5.74, 6) is 3.01. The average molecular weight is 333 g/mol. The van der Waals surface area contributed by atoms with Crippen LogP contribution in [0.5, 0.6) is 0 Å². The maximum absolute atomic E-state index is 11.4. The summed E-state index contributed by atoms with van der Waals surface area (Å²) in [6.45, 7) is 8.82. The number of hydrogen-bond donors (Lipinski definition) is 2. The molecule has 0 aromatic heterocycles. The fourth-order valence-electron chi connectivity index (χ4n) is 7.92. The van der Waals surface area contributed by atoms with Crippen LogP contribution in [0.3, 0.4) is 0 Å². The molecule has 0 aromatic carbocycles. The molecule has 0 radical (unpaired) electrons. The summed E-state index contributed by atoms with van der Waals surface area (Å²) in [6.07, 6.45) is 13.1. The van der Waals surface area contributed by atoms with Gasteiger partial charge in [0.05, 0.1) is 11.7 Å². The molecule has 0 unspecified atom stereocenters. The number of hydrogen-bond acceptors (Lipinski definition) is 2. The highest BCUT2D eigenvalue weighted by molar-refractivity contribution is 5.15. The van der Waals surface area contributed by atoms with Crippen LogP contribution >= 0.6 is 0 Å². The number of rotatable bonds is 2. The third-order valence-corrected chi connectivity index (χ3v) is 9.44. The quantitative estimate of drug-likeness (QED) is 0.720. The van der Waals surface area contributed by atoms with Crippen molar-refractivity contribution in [3.63, 3.8) is 0 Å². The van der Waals surface area contributed by atoms with Gasteiger partial charge in [-0.15, -0.1) is 6.58 Å². The van der Waals surface area contributed by atoms with Gasteiger partial charge in [-0.1, -0.05) is 19.9 Å². The normalized spacial score (nSPS) is 56.9. The summed E-state index contributed by atoms with van der Waals surface area (Å²) in [5.41, 5.74) is -0.00669.